The summed E-state index contributed by atoms with van der Waals surface area (Å²) in [5, 5.41) is 10.1. The molecule has 14 aromatic carbocycles. The van der Waals surface area contributed by atoms with Gasteiger partial charge in [-0.2, -0.15) is 0 Å². The molecule has 0 aliphatic heterocycles. The first-order valence-electron chi connectivity index (χ1n) is 30.1. The van der Waals surface area contributed by atoms with Crippen molar-refractivity contribution in [2.75, 3.05) is 0 Å². The number of rotatable bonds is 9. The number of aromatic nitrogens is 2. The van der Waals surface area contributed by atoms with Crippen LogP contribution in [0.4, 0.5) is 0 Å². The van der Waals surface area contributed by atoms with Crippen molar-refractivity contribution in [3.05, 3.63) is 315 Å². The Labute approximate surface area is 517 Å². The Kier molecular flexibility index (Phi) is 11.7. The van der Waals surface area contributed by atoms with Gasteiger partial charge in [0.15, 0.2) is 0 Å². The molecule has 18 aromatic rings. The molecule has 0 amide bonds. The van der Waals surface area contributed by atoms with Crippen LogP contribution < -0.4 is 0 Å². The molecule has 18 rings (SSSR count). The minimum absolute atomic E-state index is 1.13. The van der Waals surface area contributed by atoms with Crippen LogP contribution in [0.15, 0.2) is 315 Å². The molecule has 0 unspecified atom stereocenters. The Hall–Kier alpha value is -10.9. The van der Waals surface area contributed by atoms with Gasteiger partial charge in [0.1, 0.15) is 0 Å². The first kappa shape index (κ1) is 50.4. The topological polar surface area (TPSA) is 9.86 Å². The van der Waals surface area contributed by atoms with E-state index >= 15 is 0 Å². The summed E-state index contributed by atoms with van der Waals surface area (Å²) in [6.45, 7) is 0. The van der Waals surface area contributed by atoms with E-state index in [1.165, 1.54) is 162 Å². The molecule has 88 heavy (non-hydrogen) atoms. The van der Waals surface area contributed by atoms with Crippen molar-refractivity contribution in [2.24, 2.45) is 0 Å². The van der Waals surface area contributed by atoms with Crippen LogP contribution in [0.2, 0.25) is 0 Å². The van der Waals surface area contributed by atoms with Crippen LogP contribution >= 0.6 is 22.7 Å². The monoisotopic (exact) mass is 1150 g/mol. The van der Waals surface area contributed by atoms with Crippen molar-refractivity contribution in [3.8, 4) is 89.3 Å². The number of benzene rings is 14. The first-order valence-corrected chi connectivity index (χ1v) is 31.8. The zero-order chi connectivity index (χ0) is 57.8. The molecule has 410 valence electrons. The summed E-state index contributed by atoms with van der Waals surface area (Å²) in [5.41, 5.74) is 24.1. The second-order valence-corrected chi connectivity index (χ2v) is 25.1. The van der Waals surface area contributed by atoms with Crippen LogP contribution in [0.25, 0.3) is 173 Å². The fourth-order valence-corrected chi connectivity index (χ4v) is 16.7. The van der Waals surface area contributed by atoms with E-state index in [1.54, 1.807) is 0 Å². The van der Waals surface area contributed by atoms with Crippen LogP contribution in [0.5, 0.6) is 0 Å². The maximum Gasteiger partial charge on any atom is 0.0541 e. The lowest BCUT2D eigenvalue weighted by atomic mass is 9.97. The maximum atomic E-state index is 2.46. The van der Waals surface area contributed by atoms with Gasteiger partial charge in [-0.1, -0.05) is 243 Å². The molecule has 4 heterocycles. The number of thiophene rings is 2. The van der Waals surface area contributed by atoms with E-state index in [0.717, 1.165) is 11.4 Å². The van der Waals surface area contributed by atoms with Gasteiger partial charge in [-0.05, 0) is 151 Å². The molecule has 0 radical (unpaired) electrons. The van der Waals surface area contributed by atoms with E-state index in [1.807, 2.05) is 22.7 Å². The lowest BCUT2D eigenvalue weighted by Gasteiger charge is -2.11. The summed E-state index contributed by atoms with van der Waals surface area (Å²) in [5.74, 6) is 0. The SMILES string of the molecule is c1ccc(-c2ccc(-n3c4ccc(-c5ccc6c(c5)c5cc(-c7cccc8c7sc7c(-c9ccccc9)cccc78)ccc5n6-c5ccc(-c6ccccc6)cc5)cc4c4cc(-c5cccc6c5sc5c(-c7ccccc7)cccc56)ccc43)cc2)cc1. The van der Waals surface area contributed by atoms with Gasteiger partial charge in [-0.25, -0.2) is 0 Å². The third kappa shape index (κ3) is 8.14. The molecule has 0 saturated heterocycles. The third-order valence-electron chi connectivity index (χ3n) is 18.2. The highest BCUT2D eigenvalue weighted by molar-refractivity contribution is 7.27. The van der Waals surface area contributed by atoms with E-state index in [0.29, 0.717) is 0 Å². The zero-order valence-electron chi connectivity index (χ0n) is 47.7. The maximum absolute atomic E-state index is 2.46. The van der Waals surface area contributed by atoms with Gasteiger partial charge in [0.05, 0.1) is 22.1 Å². The Balaban J connectivity index is 0.823. The average molecular weight is 1150 g/mol. The van der Waals surface area contributed by atoms with Gasteiger partial charge in [-0.3, -0.25) is 0 Å². The van der Waals surface area contributed by atoms with Crippen LogP contribution in [-0.4, -0.2) is 9.13 Å². The quantitative estimate of drug-likeness (QED) is 0.136. The fourth-order valence-electron chi connectivity index (χ4n) is 13.9. The van der Waals surface area contributed by atoms with Crippen molar-refractivity contribution < 1.29 is 0 Å². The molecule has 0 bridgehead atoms. The molecular formula is C84H52N2S2. The van der Waals surface area contributed by atoms with Crippen LogP contribution in [0.3, 0.4) is 0 Å². The Bertz CT molecular complexity index is 5390. The molecule has 0 spiro atoms. The zero-order valence-corrected chi connectivity index (χ0v) is 49.4. The summed E-state index contributed by atoms with van der Waals surface area (Å²) >= 11 is 3.82. The molecule has 4 aromatic heterocycles. The van der Waals surface area contributed by atoms with E-state index in [2.05, 4.69) is 325 Å². The molecule has 0 atom stereocenters. The minimum Gasteiger partial charge on any atom is -0.309 e. The van der Waals surface area contributed by atoms with Gasteiger partial charge in [0.2, 0.25) is 0 Å². The molecule has 0 N–H and O–H groups in total. The highest BCUT2D eigenvalue weighted by Crippen LogP contribution is 2.48. The molecule has 0 aliphatic rings. The average Bonchev–Trinajstić information content (AvgIpc) is 1.80. The summed E-state index contributed by atoms with van der Waals surface area (Å²) in [6, 6.07) is 117. The molecule has 0 fully saturated rings. The van der Waals surface area contributed by atoms with Gasteiger partial charge < -0.3 is 9.13 Å². The van der Waals surface area contributed by atoms with Crippen molar-refractivity contribution in [3.63, 3.8) is 0 Å². The minimum atomic E-state index is 1.13. The van der Waals surface area contributed by atoms with Crippen LogP contribution in [0, 0.1) is 0 Å². The predicted octanol–water partition coefficient (Wildman–Crippen LogP) is 24.3. The highest BCUT2D eigenvalue weighted by Gasteiger charge is 2.21. The number of hydrogen-bond donors (Lipinski definition) is 0. The third-order valence-corrected chi connectivity index (χ3v) is 20.7. The van der Waals surface area contributed by atoms with Crippen molar-refractivity contribution >= 4 is 107 Å². The van der Waals surface area contributed by atoms with Crippen molar-refractivity contribution in [2.45, 2.75) is 0 Å². The van der Waals surface area contributed by atoms with E-state index in [9.17, 15) is 0 Å². The lowest BCUT2D eigenvalue weighted by Crippen LogP contribution is -1.94. The summed E-state index contributed by atoms with van der Waals surface area (Å²) in [7, 11) is 0. The fraction of sp³-hybridized carbons (Fsp3) is 0. The Morgan fingerprint density at radius 2 is 0.420 bits per heavy atom. The normalized spacial score (nSPS) is 11.9. The van der Waals surface area contributed by atoms with Gasteiger partial charge in [-0.15, -0.1) is 22.7 Å². The van der Waals surface area contributed by atoms with E-state index in [-0.39, 0.29) is 0 Å². The second kappa shape index (κ2) is 20.4. The Morgan fingerprint density at radius 1 is 0.170 bits per heavy atom. The molecular weight excluding hydrogens is 1100 g/mol. The van der Waals surface area contributed by atoms with Gasteiger partial charge >= 0.3 is 0 Å². The second-order valence-electron chi connectivity index (χ2n) is 23.1. The predicted molar refractivity (Wildman–Crippen MR) is 379 cm³/mol. The highest BCUT2D eigenvalue weighted by atomic mass is 32.1. The van der Waals surface area contributed by atoms with Crippen LogP contribution in [-0.2, 0) is 0 Å². The van der Waals surface area contributed by atoms with E-state index in [4.69, 9.17) is 0 Å². The smallest absolute Gasteiger partial charge is 0.0541 e. The number of nitrogens with zero attached hydrogens (tertiary/aromatic N) is 2. The molecule has 0 aliphatic carbocycles. The Morgan fingerprint density at radius 3 is 0.739 bits per heavy atom. The van der Waals surface area contributed by atoms with Gasteiger partial charge in [0, 0.05) is 73.3 Å². The molecule has 4 heteroatoms. The number of hydrogen-bond acceptors (Lipinski definition) is 2. The van der Waals surface area contributed by atoms with Gasteiger partial charge in [0.25, 0.3) is 0 Å². The lowest BCUT2D eigenvalue weighted by molar-refractivity contribution is 1.18. The van der Waals surface area contributed by atoms with Crippen molar-refractivity contribution in [1.29, 1.82) is 0 Å². The summed E-state index contributed by atoms with van der Waals surface area (Å²) in [4.78, 5) is 0. The number of fused-ring (bicyclic) bond motifs is 12. The molecule has 2 nitrogen and oxygen atoms in total. The van der Waals surface area contributed by atoms with E-state index < -0.39 is 0 Å². The largest absolute Gasteiger partial charge is 0.309 e. The van der Waals surface area contributed by atoms with Crippen molar-refractivity contribution in [1.82, 2.24) is 9.13 Å². The summed E-state index contributed by atoms with van der Waals surface area (Å²) < 4.78 is 10.2. The first-order chi connectivity index (χ1) is 43.6. The molecule has 0 saturated carbocycles. The summed E-state index contributed by atoms with van der Waals surface area (Å²) in [6.07, 6.45) is 0. The van der Waals surface area contributed by atoms with Crippen LogP contribution in [0.1, 0.15) is 0 Å². The standard InChI is InChI=1S/C84H52N2S2/c1-5-17-53(18-6-1)55-33-41-63(42-34-55)85-77-45-37-59(49-73(77)75-51-61(39-47-79(75)85)67-27-15-31-71-69-29-13-25-65(81(69)87-83(67)71)57-21-9-3-10-22-57)60-38-46-78-74(50-60)76-52-62(40-48-80(76)86(78)64-43-35-56(36-44-64)54-19-7-2-8-20-54)68-28-16-32-72-70-30-14-26-66(82(70)88-84(68)72)58-23-11-4-12-24-58/h1-52H.